The van der Waals surface area contributed by atoms with Gasteiger partial charge in [-0.25, -0.2) is 5.01 Å². The third-order valence-corrected chi connectivity index (χ3v) is 7.01. The third kappa shape index (κ3) is 7.47. The monoisotopic (exact) mass is 526 g/mol. The van der Waals surface area contributed by atoms with Gasteiger partial charge in [-0.3, -0.25) is 14.5 Å². The maximum absolute atomic E-state index is 12.6. The van der Waals surface area contributed by atoms with Crippen LogP contribution >= 0.6 is 11.8 Å². The van der Waals surface area contributed by atoms with Crippen molar-refractivity contribution in [2.75, 3.05) is 37.8 Å². The molecular formula is C27H34N4O5S. The lowest BCUT2D eigenvalue weighted by molar-refractivity contribution is -0.117. The Morgan fingerprint density at radius 3 is 2.57 bits per heavy atom. The van der Waals surface area contributed by atoms with Crippen molar-refractivity contribution in [1.29, 1.82) is 0 Å². The Balaban J connectivity index is 1.39. The van der Waals surface area contributed by atoms with Gasteiger partial charge >= 0.3 is 5.24 Å². The summed E-state index contributed by atoms with van der Waals surface area (Å²) >= 11 is 1.21. The highest BCUT2D eigenvalue weighted by atomic mass is 32.2. The molecule has 10 heteroatoms. The number of carbonyl (C=O) groups is 2. The molecule has 2 heterocycles. The number of anilines is 1. The minimum atomic E-state index is -0.259. The molecule has 0 saturated carbocycles. The summed E-state index contributed by atoms with van der Waals surface area (Å²) in [5.41, 5.74) is 3.27. The Hall–Kier alpha value is -3.08. The van der Waals surface area contributed by atoms with E-state index < -0.39 is 0 Å². The van der Waals surface area contributed by atoms with Crippen LogP contribution in [0.4, 0.5) is 10.5 Å². The van der Waals surface area contributed by atoms with Crippen LogP contribution in [-0.4, -0.2) is 76.6 Å². The summed E-state index contributed by atoms with van der Waals surface area (Å²) in [6.45, 7) is 5.99. The lowest BCUT2D eigenvalue weighted by Crippen LogP contribution is -2.40. The first-order chi connectivity index (χ1) is 17.8. The quantitative estimate of drug-likeness (QED) is 0.510. The zero-order chi connectivity index (χ0) is 26.4. The number of aliphatic hydroxyl groups is 1. The number of carbonyl (C=O) groups excluding carboxylic acids is 2. The van der Waals surface area contributed by atoms with Gasteiger partial charge in [0.15, 0.2) is 11.5 Å². The summed E-state index contributed by atoms with van der Waals surface area (Å²) < 4.78 is 11.3. The van der Waals surface area contributed by atoms with E-state index in [2.05, 4.69) is 10.4 Å². The Morgan fingerprint density at radius 2 is 1.89 bits per heavy atom. The molecule has 37 heavy (non-hydrogen) atoms. The average Bonchev–Trinajstić information content (AvgIpc) is 2.87. The molecule has 2 aromatic rings. The molecule has 1 fully saturated rings. The number of thioether (sulfide) groups is 1. The predicted molar refractivity (Wildman–Crippen MR) is 145 cm³/mol. The van der Waals surface area contributed by atoms with Crippen molar-refractivity contribution >= 4 is 34.3 Å². The molecule has 9 nitrogen and oxygen atoms in total. The molecule has 2 amide bonds. The lowest BCUT2D eigenvalue weighted by Gasteiger charge is -2.28. The number of hydrogen-bond donors (Lipinski definition) is 2. The Kier molecular flexibility index (Phi) is 9.07. The molecule has 2 N–H and O–H groups in total. The van der Waals surface area contributed by atoms with E-state index in [0.717, 1.165) is 29.9 Å². The third-order valence-electron chi connectivity index (χ3n) is 6.14. The molecule has 1 saturated heterocycles. The van der Waals surface area contributed by atoms with Gasteiger partial charge < -0.3 is 19.9 Å². The largest absolute Gasteiger partial charge is 0.493 e. The van der Waals surface area contributed by atoms with Crippen molar-refractivity contribution in [3.05, 3.63) is 53.6 Å². The number of benzene rings is 2. The van der Waals surface area contributed by atoms with Crippen molar-refractivity contribution < 1.29 is 24.2 Å². The molecule has 2 aliphatic rings. The van der Waals surface area contributed by atoms with Crippen molar-refractivity contribution in [3.63, 3.8) is 0 Å². The van der Waals surface area contributed by atoms with Crippen molar-refractivity contribution in [2.45, 2.75) is 45.4 Å². The van der Waals surface area contributed by atoms with Gasteiger partial charge in [-0.1, -0.05) is 23.9 Å². The van der Waals surface area contributed by atoms with E-state index in [-0.39, 0.29) is 23.4 Å². The van der Waals surface area contributed by atoms with Crippen LogP contribution in [0.1, 0.15) is 37.8 Å². The zero-order valence-electron chi connectivity index (χ0n) is 21.5. The first kappa shape index (κ1) is 27.0. The molecule has 198 valence electrons. The number of hydrazone groups is 1. The number of rotatable bonds is 9. The molecule has 4 rings (SSSR count). The SMILES string of the molecule is COc1ccc(C2=NN(Cc3ccc(NC(=O)CN4CCC(O)CC4)cc3)C(=O)SC2)cc1OC(C)C. The minimum Gasteiger partial charge on any atom is -0.493 e. The molecule has 2 aliphatic heterocycles. The van der Waals surface area contributed by atoms with Crippen molar-refractivity contribution in [2.24, 2.45) is 5.10 Å². The Labute approximate surface area is 221 Å². The predicted octanol–water partition coefficient (Wildman–Crippen LogP) is 3.95. The number of ether oxygens (including phenoxy) is 2. The molecule has 2 aromatic carbocycles. The number of hydrogen-bond acceptors (Lipinski definition) is 8. The van der Waals surface area contributed by atoms with E-state index in [0.29, 0.717) is 48.9 Å². The number of amides is 2. The van der Waals surface area contributed by atoms with Crippen LogP contribution < -0.4 is 14.8 Å². The highest BCUT2D eigenvalue weighted by Crippen LogP contribution is 2.31. The fourth-order valence-electron chi connectivity index (χ4n) is 4.21. The number of aliphatic hydroxyl groups excluding tert-OH is 1. The number of methoxy groups -OCH3 is 1. The number of likely N-dealkylation sites (tertiary alicyclic amines) is 1. The van der Waals surface area contributed by atoms with Crippen LogP contribution in [0, 0.1) is 0 Å². The number of piperidine rings is 1. The first-order valence-electron chi connectivity index (χ1n) is 12.5. The second kappa shape index (κ2) is 12.4. The van der Waals surface area contributed by atoms with Crippen LogP contribution in [0.25, 0.3) is 0 Å². The van der Waals surface area contributed by atoms with Crippen molar-refractivity contribution in [1.82, 2.24) is 9.91 Å². The van der Waals surface area contributed by atoms with Gasteiger partial charge in [0, 0.05) is 30.1 Å². The van der Waals surface area contributed by atoms with Gasteiger partial charge in [-0.2, -0.15) is 5.10 Å². The summed E-state index contributed by atoms with van der Waals surface area (Å²) in [6.07, 6.45) is 1.14. The summed E-state index contributed by atoms with van der Waals surface area (Å²) in [6, 6.07) is 13.1. The van der Waals surface area contributed by atoms with E-state index in [9.17, 15) is 14.7 Å². The second-order valence-corrected chi connectivity index (χ2v) is 10.4. The van der Waals surface area contributed by atoms with E-state index in [1.807, 2.05) is 61.2 Å². The van der Waals surface area contributed by atoms with Gasteiger partial charge in [0.1, 0.15) is 0 Å². The molecule has 0 aromatic heterocycles. The molecule has 0 unspecified atom stereocenters. The molecule has 0 spiro atoms. The van der Waals surface area contributed by atoms with Gasteiger partial charge in [0.2, 0.25) is 5.91 Å². The molecule has 0 bridgehead atoms. The molecular weight excluding hydrogens is 492 g/mol. The standard InChI is InChI=1S/C27H34N4O5S/c1-18(2)36-25-14-20(6-9-24(25)35-3)23-17-37-27(34)31(29-23)15-19-4-7-21(8-5-19)28-26(33)16-30-12-10-22(32)11-13-30/h4-9,14,18,22,32H,10-13,15-17H2,1-3H3,(H,28,33). The van der Waals surface area contributed by atoms with Crippen LogP contribution in [0.15, 0.2) is 47.6 Å². The van der Waals surface area contributed by atoms with Crippen LogP contribution in [0.2, 0.25) is 0 Å². The highest BCUT2D eigenvalue weighted by molar-refractivity contribution is 8.14. The van der Waals surface area contributed by atoms with E-state index >= 15 is 0 Å². The Bertz CT molecular complexity index is 1130. The second-order valence-electron chi connectivity index (χ2n) is 9.44. The zero-order valence-corrected chi connectivity index (χ0v) is 22.3. The summed E-state index contributed by atoms with van der Waals surface area (Å²) in [4.78, 5) is 27.0. The van der Waals surface area contributed by atoms with Crippen molar-refractivity contribution in [3.8, 4) is 11.5 Å². The minimum absolute atomic E-state index is 0.00330. The smallest absolute Gasteiger partial charge is 0.302 e. The van der Waals surface area contributed by atoms with Gasteiger partial charge in [-0.15, -0.1) is 0 Å². The molecule has 0 radical (unpaired) electrons. The number of nitrogens with one attached hydrogen (secondary N) is 1. The van der Waals surface area contributed by atoms with Crippen LogP contribution in [0.5, 0.6) is 11.5 Å². The molecule has 0 atom stereocenters. The van der Waals surface area contributed by atoms with E-state index in [1.165, 1.54) is 16.8 Å². The summed E-state index contributed by atoms with van der Waals surface area (Å²) in [5.74, 6) is 1.68. The topological polar surface area (TPSA) is 104 Å². The average molecular weight is 527 g/mol. The Morgan fingerprint density at radius 1 is 1.16 bits per heavy atom. The van der Waals surface area contributed by atoms with Gasteiger partial charge in [0.25, 0.3) is 0 Å². The highest BCUT2D eigenvalue weighted by Gasteiger charge is 2.24. The van der Waals surface area contributed by atoms with Crippen LogP contribution in [0.3, 0.4) is 0 Å². The number of nitrogens with zero attached hydrogens (tertiary/aromatic N) is 3. The fraction of sp³-hybridized carbons (Fsp3) is 0.444. The summed E-state index contributed by atoms with van der Waals surface area (Å²) in [5, 5.41) is 18.5. The van der Waals surface area contributed by atoms with E-state index in [1.54, 1.807) is 7.11 Å². The van der Waals surface area contributed by atoms with Crippen LogP contribution in [-0.2, 0) is 11.3 Å². The fourth-order valence-corrected chi connectivity index (χ4v) is 4.95. The summed E-state index contributed by atoms with van der Waals surface area (Å²) in [7, 11) is 1.61. The lowest BCUT2D eigenvalue weighted by atomic mass is 10.1. The molecule has 0 aliphatic carbocycles. The maximum Gasteiger partial charge on any atom is 0.302 e. The maximum atomic E-state index is 12.6. The normalized spacial score (nSPS) is 17.1. The van der Waals surface area contributed by atoms with Gasteiger partial charge in [0.05, 0.1) is 38.1 Å². The van der Waals surface area contributed by atoms with E-state index in [4.69, 9.17) is 9.47 Å². The van der Waals surface area contributed by atoms with Gasteiger partial charge in [-0.05, 0) is 62.6 Å². The first-order valence-corrected chi connectivity index (χ1v) is 13.5.